The number of carbonyl (C=O) groups is 1. The monoisotopic (exact) mass is 445 g/mol. The van der Waals surface area contributed by atoms with E-state index in [4.69, 9.17) is 4.74 Å². The Morgan fingerprint density at radius 3 is 2.15 bits per heavy atom. The molecule has 0 saturated carbocycles. The number of fused-ring (bicyclic) bond motifs is 1. The lowest BCUT2D eigenvalue weighted by Crippen LogP contribution is -2.21. The molecule has 0 saturated heterocycles. The molecule has 0 aliphatic heterocycles. The molecule has 33 heavy (non-hydrogen) atoms. The van der Waals surface area contributed by atoms with Crippen molar-refractivity contribution in [1.82, 2.24) is 14.1 Å². The number of nitrogens with one attached hydrogen (secondary N) is 2. The van der Waals surface area contributed by atoms with E-state index >= 15 is 0 Å². The minimum absolute atomic E-state index is 0.168. The van der Waals surface area contributed by atoms with E-state index in [0.29, 0.717) is 28.4 Å². The molecule has 0 fully saturated rings. The number of pyridine rings is 1. The number of ether oxygens (including phenoxy) is 1. The molecule has 2 aromatic heterocycles. The number of para-hydroxylation sites is 1. The zero-order valence-corrected chi connectivity index (χ0v) is 19.6. The number of hydrogen-bond acceptors (Lipinski definition) is 4. The number of nitrogens with zero attached hydrogens (tertiary/aromatic N) is 3. The van der Waals surface area contributed by atoms with Gasteiger partial charge in [-0.15, -0.1) is 0 Å². The van der Waals surface area contributed by atoms with Crippen LogP contribution in [0.25, 0.3) is 11.2 Å². The molecule has 4 rings (SSSR count). The Hall–Kier alpha value is -4.07. The Labute approximate surface area is 191 Å². The lowest BCUT2D eigenvalue weighted by molar-refractivity contribution is 0.262. The van der Waals surface area contributed by atoms with E-state index in [-0.39, 0.29) is 11.7 Å². The second-order valence-corrected chi connectivity index (χ2v) is 8.13. The predicted octanol–water partition coefficient (Wildman–Crippen LogP) is 4.94. The van der Waals surface area contributed by atoms with Crippen LogP contribution in [0.2, 0.25) is 0 Å². The predicted molar refractivity (Wildman–Crippen MR) is 131 cm³/mol. The second kappa shape index (κ2) is 8.46. The van der Waals surface area contributed by atoms with Gasteiger partial charge in [0, 0.05) is 37.7 Å². The van der Waals surface area contributed by atoms with Gasteiger partial charge in [0.05, 0.1) is 0 Å². The van der Waals surface area contributed by atoms with Crippen molar-refractivity contribution in [3.8, 4) is 11.5 Å². The van der Waals surface area contributed by atoms with Crippen LogP contribution in [0.3, 0.4) is 0 Å². The first kappa shape index (κ1) is 22.1. The van der Waals surface area contributed by atoms with Crippen molar-refractivity contribution in [2.75, 3.05) is 10.6 Å². The van der Waals surface area contributed by atoms with E-state index in [1.165, 1.54) is 9.13 Å². The Morgan fingerprint density at radius 1 is 0.879 bits per heavy atom. The second-order valence-electron chi connectivity index (χ2n) is 8.13. The summed E-state index contributed by atoms with van der Waals surface area (Å²) in [4.78, 5) is 29.3. The number of amides is 2. The highest BCUT2D eigenvalue weighted by Gasteiger charge is 2.20. The molecule has 0 aliphatic rings. The number of aromatic nitrogens is 3. The van der Waals surface area contributed by atoms with Gasteiger partial charge in [-0.3, -0.25) is 9.13 Å². The van der Waals surface area contributed by atoms with Crippen LogP contribution in [0.1, 0.15) is 22.3 Å². The van der Waals surface area contributed by atoms with Gasteiger partial charge in [-0.05, 0) is 62.1 Å². The molecule has 8 heteroatoms. The van der Waals surface area contributed by atoms with Crippen molar-refractivity contribution in [3.63, 3.8) is 0 Å². The van der Waals surface area contributed by atoms with Gasteiger partial charge in [0.25, 0.3) is 0 Å². The van der Waals surface area contributed by atoms with Crippen molar-refractivity contribution in [3.05, 3.63) is 75.3 Å². The molecule has 4 aromatic rings. The summed E-state index contributed by atoms with van der Waals surface area (Å²) in [6.07, 6.45) is 1.63. The zero-order chi connectivity index (χ0) is 23.9. The largest absolute Gasteiger partial charge is 0.454 e. The maximum absolute atomic E-state index is 12.6. The number of anilines is 2. The first-order chi connectivity index (χ1) is 15.7. The maximum Gasteiger partial charge on any atom is 0.329 e. The third kappa shape index (κ3) is 3.84. The molecule has 0 radical (unpaired) electrons. The van der Waals surface area contributed by atoms with Gasteiger partial charge in [0.15, 0.2) is 11.4 Å². The summed E-state index contributed by atoms with van der Waals surface area (Å²) >= 11 is 0. The highest BCUT2D eigenvalue weighted by molar-refractivity contribution is 6.01. The normalized spacial score (nSPS) is 11.0. The van der Waals surface area contributed by atoms with Crippen molar-refractivity contribution in [2.24, 2.45) is 14.1 Å². The van der Waals surface area contributed by atoms with Gasteiger partial charge < -0.3 is 15.4 Å². The molecule has 0 aliphatic carbocycles. The van der Waals surface area contributed by atoms with E-state index in [1.54, 1.807) is 26.4 Å². The maximum atomic E-state index is 12.6. The van der Waals surface area contributed by atoms with Gasteiger partial charge in [-0.1, -0.05) is 18.2 Å². The van der Waals surface area contributed by atoms with Crippen LogP contribution in [0.5, 0.6) is 11.5 Å². The van der Waals surface area contributed by atoms with E-state index in [1.807, 2.05) is 58.0 Å². The van der Waals surface area contributed by atoms with Gasteiger partial charge in [-0.25, -0.2) is 14.6 Å². The fourth-order valence-corrected chi connectivity index (χ4v) is 4.01. The standard InChI is InChI=1S/C25H27N5O3/c1-14-16(3)22(33-19-12-13-26-23-21(19)29(5)25(32)30(23)6)17(4)15(2)20(14)28-24(31)27-18-10-8-7-9-11-18/h7-13H,1-6H3,(H2,27,28,31). The highest BCUT2D eigenvalue weighted by atomic mass is 16.5. The number of urea groups is 1. The summed E-state index contributed by atoms with van der Waals surface area (Å²) in [5.74, 6) is 1.25. The average Bonchev–Trinajstić information content (AvgIpc) is 3.03. The first-order valence-electron chi connectivity index (χ1n) is 10.6. The molecule has 0 spiro atoms. The van der Waals surface area contributed by atoms with Crippen LogP contribution in [-0.4, -0.2) is 20.1 Å². The van der Waals surface area contributed by atoms with Crippen LogP contribution < -0.4 is 21.1 Å². The molecule has 2 heterocycles. The van der Waals surface area contributed by atoms with Gasteiger partial charge >= 0.3 is 11.7 Å². The smallest absolute Gasteiger partial charge is 0.329 e. The molecule has 170 valence electrons. The van der Waals surface area contributed by atoms with Crippen molar-refractivity contribution < 1.29 is 9.53 Å². The van der Waals surface area contributed by atoms with Crippen molar-refractivity contribution in [1.29, 1.82) is 0 Å². The topological polar surface area (TPSA) is 90.2 Å². The molecular weight excluding hydrogens is 418 g/mol. The average molecular weight is 446 g/mol. The summed E-state index contributed by atoms with van der Waals surface area (Å²) in [7, 11) is 3.39. The minimum Gasteiger partial charge on any atom is -0.454 e. The summed E-state index contributed by atoms with van der Waals surface area (Å²) < 4.78 is 9.41. The Morgan fingerprint density at radius 2 is 1.52 bits per heavy atom. The van der Waals surface area contributed by atoms with E-state index in [0.717, 1.165) is 27.9 Å². The quantitative estimate of drug-likeness (QED) is 0.465. The van der Waals surface area contributed by atoms with Crippen LogP contribution in [0, 0.1) is 27.7 Å². The minimum atomic E-state index is -0.310. The number of benzene rings is 2. The van der Waals surface area contributed by atoms with E-state index < -0.39 is 0 Å². The zero-order valence-electron chi connectivity index (χ0n) is 19.6. The number of hydrogen-bond donors (Lipinski definition) is 2. The number of imidazole rings is 1. The first-order valence-corrected chi connectivity index (χ1v) is 10.6. The summed E-state index contributed by atoms with van der Waals surface area (Å²) in [6, 6.07) is 10.7. The van der Waals surface area contributed by atoms with Crippen LogP contribution >= 0.6 is 0 Å². The molecule has 2 amide bonds. The Kier molecular flexibility index (Phi) is 5.68. The SMILES string of the molecule is Cc1c(C)c(Oc2ccnc3c2n(C)c(=O)n3C)c(C)c(C)c1NC(=O)Nc1ccccc1. The lowest BCUT2D eigenvalue weighted by atomic mass is 9.97. The molecular formula is C25H27N5O3. The number of carbonyl (C=O) groups excluding carboxylic acids is 1. The van der Waals surface area contributed by atoms with Crippen molar-refractivity contribution >= 4 is 28.6 Å². The number of rotatable bonds is 4. The molecule has 2 aromatic carbocycles. The molecule has 8 nitrogen and oxygen atoms in total. The summed E-state index contributed by atoms with van der Waals surface area (Å²) in [6.45, 7) is 7.82. The fourth-order valence-electron chi connectivity index (χ4n) is 4.01. The van der Waals surface area contributed by atoms with Gasteiger partial charge in [0.2, 0.25) is 0 Å². The third-order valence-electron chi connectivity index (χ3n) is 6.13. The fraction of sp³-hybridized carbons (Fsp3) is 0.240. The van der Waals surface area contributed by atoms with Crippen LogP contribution in [0.15, 0.2) is 47.4 Å². The third-order valence-corrected chi connectivity index (χ3v) is 6.13. The molecule has 0 unspecified atom stereocenters. The van der Waals surface area contributed by atoms with Crippen LogP contribution in [0.4, 0.5) is 16.2 Å². The van der Waals surface area contributed by atoms with Crippen LogP contribution in [-0.2, 0) is 14.1 Å². The van der Waals surface area contributed by atoms with E-state index in [9.17, 15) is 9.59 Å². The van der Waals surface area contributed by atoms with Gasteiger partial charge in [0.1, 0.15) is 11.3 Å². The molecule has 0 bridgehead atoms. The summed E-state index contributed by atoms with van der Waals surface area (Å²) in [5, 5.41) is 5.83. The summed E-state index contributed by atoms with van der Waals surface area (Å²) in [5.41, 5.74) is 6.10. The van der Waals surface area contributed by atoms with Crippen molar-refractivity contribution in [2.45, 2.75) is 27.7 Å². The Balaban J connectivity index is 1.71. The Bertz CT molecular complexity index is 1410. The molecule has 0 atom stereocenters. The molecule has 2 N–H and O–H groups in total. The lowest BCUT2D eigenvalue weighted by Gasteiger charge is -2.21. The van der Waals surface area contributed by atoms with E-state index in [2.05, 4.69) is 15.6 Å². The highest BCUT2D eigenvalue weighted by Crippen LogP contribution is 2.39. The number of aryl methyl sites for hydroxylation is 2. The van der Waals surface area contributed by atoms with Gasteiger partial charge in [-0.2, -0.15) is 0 Å².